The third-order valence-electron chi connectivity index (χ3n) is 2.72. The first-order valence-corrected chi connectivity index (χ1v) is 5.80. The average molecular weight is 248 g/mol. The summed E-state index contributed by atoms with van der Waals surface area (Å²) in [5.74, 6) is 0. The van der Waals surface area contributed by atoms with Crippen molar-refractivity contribution in [2.24, 2.45) is 0 Å². The van der Waals surface area contributed by atoms with Crippen molar-refractivity contribution >= 4 is 17.3 Å². The fourth-order valence-electron chi connectivity index (χ4n) is 1.87. The fourth-order valence-corrected chi connectivity index (χ4v) is 2.04. The van der Waals surface area contributed by atoms with E-state index < -0.39 is 6.10 Å². The molecule has 0 aromatic heterocycles. The van der Waals surface area contributed by atoms with E-state index in [1.54, 1.807) is 19.1 Å². The lowest BCUT2D eigenvalue weighted by Crippen LogP contribution is -1.97. The van der Waals surface area contributed by atoms with E-state index in [0.717, 1.165) is 16.7 Å². The number of halogens is 1. The smallest absolute Gasteiger partial charge is 0.0767 e. The van der Waals surface area contributed by atoms with E-state index in [1.807, 2.05) is 30.3 Å². The van der Waals surface area contributed by atoms with Crippen LogP contribution in [0.2, 0.25) is 5.02 Å². The summed E-state index contributed by atoms with van der Waals surface area (Å²) in [4.78, 5) is 0. The molecule has 0 saturated carbocycles. The fraction of sp³-hybridized carbons (Fsp3) is 0.143. The van der Waals surface area contributed by atoms with Crippen LogP contribution in [0, 0.1) is 0 Å². The van der Waals surface area contributed by atoms with Crippen molar-refractivity contribution < 1.29 is 5.11 Å². The van der Waals surface area contributed by atoms with Crippen LogP contribution in [0.25, 0.3) is 11.1 Å². The molecule has 2 aromatic carbocycles. The summed E-state index contributed by atoms with van der Waals surface area (Å²) in [5, 5.41) is 10.4. The van der Waals surface area contributed by atoms with Gasteiger partial charge in [0.25, 0.3) is 0 Å². The molecule has 0 spiro atoms. The standard InChI is InChI=1S/C14H14ClNO/c1-9(17)11-4-2-3-5-12(11)13-8-10(15)6-7-14(13)16/h2-9,17H,16H2,1H3. The summed E-state index contributed by atoms with van der Waals surface area (Å²) < 4.78 is 0. The normalized spacial score (nSPS) is 12.4. The first-order valence-electron chi connectivity index (χ1n) is 5.42. The summed E-state index contributed by atoms with van der Waals surface area (Å²) in [7, 11) is 0. The van der Waals surface area contributed by atoms with Crippen LogP contribution in [0.15, 0.2) is 42.5 Å². The number of benzene rings is 2. The molecule has 2 aromatic rings. The summed E-state index contributed by atoms with van der Waals surface area (Å²) in [6, 6.07) is 13.0. The molecule has 0 amide bonds. The Balaban J connectivity index is 2.64. The molecule has 0 heterocycles. The zero-order valence-corrected chi connectivity index (χ0v) is 10.3. The molecule has 0 aliphatic heterocycles. The zero-order valence-electron chi connectivity index (χ0n) is 9.52. The first kappa shape index (κ1) is 12.0. The predicted molar refractivity (Wildman–Crippen MR) is 71.9 cm³/mol. The Morgan fingerprint density at radius 1 is 1.12 bits per heavy atom. The minimum atomic E-state index is -0.537. The molecule has 3 N–H and O–H groups in total. The molecule has 1 unspecified atom stereocenters. The van der Waals surface area contributed by atoms with Crippen LogP contribution in [-0.2, 0) is 0 Å². The monoisotopic (exact) mass is 247 g/mol. The van der Waals surface area contributed by atoms with Crippen molar-refractivity contribution in [3.8, 4) is 11.1 Å². The molecule has 3 heteroatoms. The van der Waals surface area contributed by atoms with Crippen molar-refractivity contribution in [3.63, 3.8) is 0 Å². The Labute approximate surface area is 106 Å². The largest absolute Gasteiger partial charge is 0.398 e. The Morgan fingerprint density at radius 3 is 2.53 bits per heavy atom. The molecule has 0 bridgehead atoms. The maximum atomic E-state index is 9.75. The Bertz CT molecular complexity index is 537. The number of rotatable bonds is 2. The molecular weight excluding hydrogens is 234 g/mol. The summed E-state index contributed by atoms with van der Waals surface area (Å²) >= 11 is 5.98. The average Bonchev–Trinajstić information content (AvgIpc) is 2.32. The van der Waals surface area contributed by atoms with Crippen LogP contribution in [-0.4, -0.2) is 5.11 Å². The van der Waals surface area contributed by atoms with Crippen molar-refractivity contribution in [2.75, 3.05) is 5.73 Å². The highest BCUT2D eigenvalue weighted by Gasteiger charge is 2.11. The second-order valence-electron chi connectivity index (χ2n) is 3.99. The summed E-state index contributed by atoms with van der Waals surface area (Å²) in [5.41, 5.74) is 9.23. The molecule has 0 saturated heterocycles. The van der Waals surface area contributed by atoms with Crippen molar-refractivity contribution in [1.82, 2.24) is 0 Å². The van der Waals surface area contributed by atoms with E-state index in [2.05, 4.69) is 0 Å². The number of aliphatic hydroxyl groups is 1. The summed E-state index contributed by atoms with van der Waals surface area (Å²) in [6.07, 6.45) is -0.537. The minimum absolute atomic E-state index is 0.537. The van der Waals surface area contributed by atoms with Crippen LogP contribution in [0.3, 0.4) is 0 Å². The Kier molecular flexibility index (Phi) is 3.36. The van der Waals surface area contributed by atoms with Gasteiger partial charge in [-0.3, -0.25) is 0 Å². The van der Waals surface area contributed by atoms with Gasteiger partial charge in [0.05, 0.1) is 6.10 Å². The van der Waals surface area contributed by atoms with E-state index in [1.165, 1.54) is 0 Å². The van der Waals surface area contributed by atoms with Gasteiger partial charge in [-0.2, -0.15) is 0 Å². The number of hydrogen-bond acceptors (Lipinski definition) is 2. The van der Waals surface area contributed by atoms with Gasteiger partial charge in [-0.15, -0.1) is 0 Å². The van der Waals surface area contributed by atoms with Gasteiger partial charge in [-0.1, -0.05) is 35.9 Å². The van der Waals surface area contributed by atoms with Crippen LogP contribution in [0.4, 0.5) is 5.69 Å². The van der Waals surface area contributed by atoms with Gasteiger partial charge in [-0.05, 0) is 36.2 Å². The van der Waals surface area contributed by atoms with Crippen LogP contribution >= 0.6 is 11.6 Å². The molecule has 0 radical (unpaired) electrons. The zero-order chi connectivity index (χ0) is 12.4. The van der Waals surface area contributed by atoms with E-state index in [0.29, 0.717) is 10.7 Å². The SMILES string of the molecule is CC(O)c1ccccc1-c1cc(Cl)ccc1N. The maximum Gasteiger partial charge on any atom is 0.0767 e. The highest BCUT2D eigenvalue weighted by atomic mass is 35.5. The molecule has 0 aliphatic carbocycles. The lowest BCUT2D eigenvalue weighted by molar-refractivity contribution is 0.200. The topological polar surface area (TPSA) is 46.2 Å². The molecular formula is C14H14ClNO. The lowest BCUT2D eigenvalue weighted by Gasteiger charge is -2.14. The third kappa shape index (κ3) is 2.43. The van der Waals surface area contributed by atoms with Gasteiger partial charge in [-0.25, -0.2) is 0 Å². The molecule has 2 nitrogen and oxygen atoms in total. The first-order chi connectivity index (χ1) is 8.09. The minimum Gasteiger partial charge on any atom is -0.398 e. The third-order valence-corrected chi connectivity index (χ3v) is 2.95. The molecule has 2 rings (SSSR count). The number of anilines is 1. The molecule has 88 valence electrons. The number of nitrogen functional groups attached to an aromatic ring is 1. The van der Waals surface area contributed by atoms with E-state index in [9.17, 15) is 5.11 Å². The van der Waals surface area contributed by atoms with Gasteiger partial charge < -0.3 is 10.8 Å². The quantitative estimate of drug-likeness (QED) is 0.796. The van der Waals surface area contributed by atoms with Crippen LogP contribution in [0.5, 0.6) is 0 Å². The summed E-state index contributed by atoms with van der Waals surface area (Å²) in [6.45, 7) is 1.74. The maximum absolute atomic E-state index is 9.75. The Morgan fingerprint density at radius 2 is 1.82 bits per heavy atom. The van der Waals surface area contributed by atoms with Crippen LogP contribution in [0.1, 0.15) is 18.6 Å². The van der Waals surface area contributed by atoms with Crippen molar-refractivity contribution in [3.05, 3.63) is 53.1 Å². The van der Waals surface area contributed by atoms with Gasteiger partial charge in [0.2, 0.25) is 0 Å². The molecule has 1 atom stereocenters. The van der Waals surface area contributed by atoms with Crippen LogP contribution < -0.4 is 5.73 Å². The highest BCUT2D eigenvalue weighted by molar-refractivity contribution is 6.31. The van der Waals surface area contributed by atoms with Gasteiger partial charge in [0.1, 0.15) is 0 Å². The second kappa shape index (κ2) is 4.78. The van der Waals surface area contributed by atoms with Crippen molar-refractivity contribution in [1.29, 1.82) is 0 Å². The number of aliphatic hydroxyl groups excluding tert-OH is 1. The van der Waals surface area contributed by atoms with E-state index in [4.69, 9.17) is 17.3 Å². The predicted octanol–water partition coefficient (Wildman–Crippen LogP) is 3.64. The van der Waals surface area contributed by atoms with E-state index >= 15 is 0 Å². The number of nitrogens with two attached hydrogens (primary N) is 1. The van der Waals surface area contributed by atoms with E-state index in [-0.39, 0.29) is 0 Å². The van der Waals surface area contributed by atoms with Gasteiger partial charge in [0, 0.05) is 16.3 Å². The molecule has 0 aliphatic rings. The van der Waals surface area contributed by atoms with Gasteiger partial charge in [0.15, 0.2) is 0 Å². The highest BCUT2D eigenvalue weighted by Crippen LogP contribution is 2.33. The van der Waals surface area contributed by atoms with Gasteiger partial charge >= 0.3 is 0 Å². The van der Waals surface area contributed by atoms with Crippen molar-refractivity contribution in [2.45, 2.75) is 13.0 Å². The number of hydrogen-bond donors (Lipinski definition) is 2. The molecule has 17 heavy (non-hydrogen) atoms. The second-order valence-corrected chi connectivity index (χ2v) is 4.43. The lowest BCUT2D eigenvalue weighted by atomic mass is 9.96. The Hall–Kier alpha value is -1.51. The molecule has 0 fully saturated rings.